The first-order valence-electron chi connectivity index (χ1n) is 12.2. The van der Waals surface area contributed by atoms with Gasteiger partial charge in [-0.05, 0) is 67.6 Å². The van der Waals surface area contributed by atoms with Crippen LogP contribution >= 0.6 is 0 Å². The maximum absolute atomic E-state index is 11.7. The van der Waals surface area contributed by atoms with Crippen LogP contribution in [0, 0.1) is 34.5 Å². The van der Waals surface area contributed by atoms with Gasteiger partial charge in [-0.15, -0.1) is 0 Å². The fourth-order valence-corrected chi connectivity index (χ4v) is 9.07. The molecule has 2 aliphatic heterocycles. The average Bonchev–Trinajstić information content (AvgIpc) is 3.41. The lowest BCUT2D eigenvalue weighted by molar-refractivity contribution is -0.227. The van der Waals surface area contributed by atoms with E-state index in [1.54, 1.807) is 0 Å². The normalized spacial score (nSPS) is 51.3. The molecule has 5 heteroatoms. The van der Waals surface area contributed by atoms with Crippen molar-refractivity contribution in [1.82, 2.24) is 0 Å². The SMILES string of the molecule is CC1([C@H]2CC[C@H]3[C@@H]4CC=C5CC6(CC[C@]5(C)[C@H]4[C@H](O)C[C@]23C)OCCO6)OCCO1. The van der Waals surface area contributed by atoms with Crippen molar-refractivity contribution in [1.29, 1.82) is 0 Å². The van der Waals surface area contributed by atoms with Crippen LogP contribution in [0.1, 0.15) is 65.7 Å². The van der Waals surface area contributed by atoms with E-state index < -0.39 is 11.6 Å². The number of rotatable bonds is 1. The van der Waals surface area contributed by atoms with Crippen molar-refractivity contribution < 1.29 is 24.1 Å². The Morgan fingerprint density at radius 2 is 1.63 bits per heavy atom. The first-order chi connectivity index (χ1) is 14.3. The highest BCUT2D eigenvalue weighted by molar-refractivity contribution is 5.28. The molecule has 0 amide bonds. The van der Waals surface area contributed by atoms with Gasteiger partial charge in [0.05, 0.1) is 32.5 Å². The third kappa shape index (κ3) is 2.59. The quantitative estimate of drug-likeness (QED) is 0.651. The van der Waals surface area contributed by atoms with Gasteiger partial charge in [-0.3, -0.25) is 0 Å². The van der Waals surface area contributed by atoms with E-state index in [2.05, 4.69) is 26.8 Å². The number of allylic oxidation sites excluding steroid dienone is 1. The Labute approximate surface area is 180 Å². The third-order valence-electron chi connectivity index (χ3n) is 10.3. The van der Waals surface area contributed by atoms with Crippen LogP contribution < -0.4 is 0 Å². The number of ether oxygens (including phenoxy) is 4. The fourth-order valence-electron chi connectivity index (χ4n) is 9.07. The van der Waals surface area contributed by atoms with Gasteiger partial charge in [-0.2, -0.15) is 0 Å². The highest BCUT2D eigenvalue weighted by atomic mass is 16.7. The predicted octanol–water partition coefficient (Wildman–Crippen LogP) is 4.04. The Morgan fingerprint density at radius 3 is 2.37 bits per heavy atom. The van der Waals surface area contributed by atoms with Gasteiger partial charge in [-0.25, -0.2) is 0 Å². The van der Waals surface area contributed by atoms with E-state index >= 15 is 0 Å². The Kier molecular flexibility index (Phi) is 4.40. The van der Waals surface area contributed by atoms with Gasteiger partial charge in [0.25, 0.3) is 0 Å². The molecule has 6 rings (SSSR count). The Morgan fingerprint density at radius 1 is 0.933 bits per heavy atom. The van der Waals surface area contributed by atoms with Gasteiger partial charge in [0.2, 0.25) is 0 Å². The van der Waals surface area contributed by atoms with Crippen molar-refractivity contribution in [3.05, 3.63) is 11.6 Å². The van der Waals surface area contributed by atoms with Crippen molar-refractivity contribution in [2.45, 2.75) is 83.4 Å². The topological polar surface area (TPSA) is 57.2 Å². The summed E-state index contributed by atoms with van der Waals surface area (Å²) in [5.41, 5.74) is 1.62. The lowest BCUT2D eigenvalue weighted by atomic mass is 9.46. The van der Waals surface area contributed by atoms with Crippen LogP contribution in [0.5, 0.6) is 0 Å². The molecule has 1 spiro atoms. The van der Waals surface area contributed by atoms with Crippen molar-refractivity contribution in [2.75, 3.05) is 26.4 Å². The van der Waals surface area contributed by atoms with Crippen molar-refractivity contribution >= 4 is 0 Å². The maximum atomic E-state index is 11.7. The molecule has 2 heterocycles. The summed E-state index contributed by atoms with van der Waals surface area (Å²) < 4.78 is 24.4. The summed E-state index contributed by atoms with van der Waals surface area (Å²) in [5, 5.41) is 11.7. The lowest BCUT2D eigenvalue weighted by Crippen LogP contribution is -2.59. The first kappa shape index (κ1) is 20.2. The zero-order chi connectivity index (χ0) is 20.8. The molecule has 0 aromatic rings. The van der Waals surface area contributed by atoms with Gasteiger partial charge in [0.15, 0.2) is 11.6 Å². The minimum Gasteiger partial charge on any atom is -0.393 e. The molecule has 2 saturated heterocycles. The van der Waals surface area contributed by atoms with Crippen LogP contribution in [0.25, 0.3) is 0 Å². The Hall–Kier alpha value is -0.460. The van der Waals surface area contributed by atoms with E-state index in [4.69, 9.17) is 18.9 Å². The molecule has 6 aliphatic rings. The summed E-state index contributed by atoms with van der Waals surface area (Å²) in [7, 11) is 0. The smallest absolute Gasteiger partial charge is 0.172 e. The van der Waals surface area contributed by atoms with Crippen molar-refractivity contribution in [3.63, 3.8) is 0 Å². The largest absolute Gasteiger partial charge is 0.393 e. The first-order valence-corrected chi connectivity index (χ1v) is 12.2. The molecule has 30 heavy (non-hydrogen) atoms. The highest BCUT2D eigenvalue weighted by Gasteiger charge is 2.65. The van der Waals surface area contributed by atoms with Crippen LogP contribution in [-0.2, 0) is 18.9 Å². The van der Waals surface area contributed by atoms with Crippen molar-refractivity contribution in [2.24, 2.45) is 34.5 Å². The van der Waals surface area contributed by atoms with Crippen LogP contribution in [0.3, 0.4) is 0 Å². The monoisotopic (exact) mass is 418 g/mol. The second kappa shape index (κ2) is 6.54. The molecule has 3 saturated carbocycles. The molecular weight excluding hydrogens is 380 g/mol. The number of fused-ring (bicyclic) bond motifs is 5. The van der Waals surface area contributed by atoms with Crippen LogP contribution in [0.4, 0.5) is 0 Å². The van der Waals surface area contributed by atoms with E-state index in [0.717, 1.165) is 38.5 Å². The molecule has 0 bridgehead atoms. The second-order valence-corrected chi connectivity index (χ2v) is 11.6. The van der Waals surface area contributed by atoms with E-state index in [9.17, 15) is 5.11 Å². The van der Waals surface area contributed by atoms with Gasteiger partial charge in [0.1, 0.15) is 0 Å². The molecule has 1 N–H and O–H groups in total. The van der Waals surface area contributed by atoms with Gasteiger partial charge >= 0.3 is 0 Å². The second-order valence-electron chi connectivity index (χ2n) is 11.6. The molecule has 4 aliphatic carbocycles. The molecule has 0 aromatic carbocycles. The fraction of sp³-hybridized carbons (Fsp3) is 0.920. The Bertz CT molecular complexity index is 736. The Balaban J connectivity index is 1.32. The van der Waals surface area contributed by atoms with E-state index in [1.165, 1.54) is 12.0 Å². The summed E-state index contributed by atoms with van der Waals surface area (Å²) >= 11 is 0. The van der Waals surface area contributed by atoms with E-state index in [1.807, 2.05) is 0 Å². The van der Waals surface area contributed by atoms with Crippen LogP contribution in [0.15, 0.2) is 11.6 Å². The van der Waals surface area contributed by atoms with Gasteiger partial charge < -0.3 is 24.1 Å². The lowest BCUT2D eigenvalue weighted by Gasteiger charge is -2.61. The molecule has 0 unspecified atom stereocenters. The molecule has 5 nitrogen and oxygen atoms in total. The number of aliphatic hydroxyl groups is 1. The van der Waals surface area contributed by atoms with E-state index in [0.29, 0.717) is 50.1 Å². The molecule has 168 valence electrons. The summed E-state index contributed by atoms with van der Waals surface area (Å²) in [4.78, 5) is 0. The zero-order valence-corrected chi connectivity index (χ0v) is 18.8. The summed E-state index contributed by atoms with van der Waals surface area (Å²) in [6, 6.07) is 0. The van der Waals surface area contributed by atoms with Gasteiger partial charge in [-0.1, -0.05) is 25.5 Å². The number of hydrogen-bond acceptors (Lipinski definition) is 5. The highest BCUT2D eigenvalue weighted by Crippen LogP contribution is 2.68. The zero-order valence-electron chi connectivity index (χ0n) is 18.8. The summed E-state index contributed by atoms with van der Waals surface area (Å²) in [6.07, 6.45) is 9.43. The molecular formula is C25H38O5. The third-order valence-corrected chi connectivity index (χ3v) is 10.3. The summed E-state index contributed by atoms with van der Waals surface area (Å²) in [6.45, 7) is 9.78. The minimum absolute atomic E-state index is 0.0621. The maximum Gasteiger partial charge on any atom is 0.172 e. The molecule has 0 radical (unpaired) electrons. The molecule has 7 atom stereocenters. The molecule has 0 aromatic heterocycles. The van der Waals surface area contributed by atoms with E-state index in [-0.39, 0.29) is 16.9 Å². The predicted molar refractivity (Wildman–Crippen MR) is 112 cm³/mol. The van der Waals surface area contributed by atoms with Crippen molar-refractivity contribution in [3.8, 4) is 0 Å². The number of aliphatic hydroxyl groups excluding tert-OH is 1. The summed E-state index contributed by atoms with van der Waals surface area (Å²) in [5.74, 6) is 1.00. The van der Waals surface area contributed by atoms with Gasteiger partial charge in [0, 0.05) is 18.8 Å². The van der Waals surface area contributed by atoms with Crippen LogP contribution in [0.2, 0.25) is 0 Å². The van der Waals surface area contributed by atoms with Crippen LogP contribution in [-0.4, -0.2) is 49.2 Å². The number of hydrogen-bond donors (Lipinski definition) is 1. The standard InChI is InChI=1S/C25H38O5/c1-22-8-9-25(29-12-13-30-25)14-16(22)4-5-17-18-6-7-20(24(3)27-10-11-28-24)23(18,2)15-19(26)21(17)22/h4,17-21,26H,5-15H2,1-3H3/t17-,18-,19+,20-,21+,22-,23-/m0/s1. The average molecular weight is 419 g/mol. The minimum atomic E-state index is -0.482. The molecule has 5 fully saturated rings.